The third kappa shape index (κ3) is 4.44. The summed E-state index contributed by atoms with van der Waals surface area (Å²) in [7, 11) is 0. The smallest absolute Gasteiger partial charge is 0.232 e. The number of pyridine rings is 1. The van der Waals surface area contributed by atoms with E-state index in [9.17, 15) is 14.7 Å². The van der Waals surface area contributed by atoms with E-state index in [4.69, 9.17) is 4.74 Å². The molecule has 0 saturated carbocycles. The Hall–Kier alpha value is -1.64. The van der Waals surface area contributed by atoms with Crippen molar-refractivity contribution in [2.24, 2.45) is 0 Å². The number of aromatic nitrogens is 1. The Morgan fingerprint density at radius 3 is 2.74 bits per heavy atom. The molecule has 1 aromatic heterocycles. The molecule has 2 aliphatic rings. The second-order valence-corrected chi connectivity index (χ2v) is 8.50. The number of nitrogens with zero attached hydrogens (tertiary/aromatic N) is 2. The molecule has 3 rings (SSSR count). The van der Waals surface area contributed by atoms with Gasteiger partial charge in [0.1, 0.15) is 6.10 Å². The lowest BCUT2D eigenvalue weighted by Crippen LogP contribution is -2.69. The van der Waals surface area contributed by atoms with E-state index in [0.29, 0.717) is 44.7 Å². The van der Waals surface area contributed by atoms with Crippen LogP contribution in [0.25, 0.3) is 0 Å². The van der Waals surface area contributed by atoms with Crippen LogP contribution in [0.4, 0.5) is 0 Å². The first-order chi connectivity index (χ1) is 12.8. The molecule has 148 valence electrons. The minimum atomic E-state index is -0.803. The van der Waals surface area contributed by atoms with Crippen LogP contribution < -0.4 is 5.32 Å². The predicted molar refractivity (Wildman–Crippen MR) is 102 cm³/mol. The normalized spacial score (nSPS) is 27.4. The number of hydrogen-bond acceptors (Lipinski definition) is 6. The zero-order valence-corrected chi connectivity index (χ0v) is 16.6. The van der Waals surface area contributed by atoms with Crippen LogP contribution in [0.3, 0.4) is 0 Å². The van der Waals surface area contributed by atoms with Gasteiger partial charge in [0.25, 0.3) is 0 Å². The van der Waals surface area contributed by atoms with Crippen LogP contribution in [0.5, 0.6) is 0 Å². The second-order valence-electron chi connectivity index (χ2n) is 7.50. The van der Waals surface area contributed by atoms with Gasteiger partial charge in [0.05, 0.1) is 21.9 Å². The Morgan fingerprint density at radius 2 is 2.11 bits per heavy atom. The van der Waals surface area contributed by atoms with Crippen molar-refractivity contribution in [3.05, 3.63) is 24.4 Å². The molecule has 2 aliphatic heterocycles. The monoisotopic (exact) mass is 393 g/mol. The fourth-order valence-electron chi connectivity index (χ4n) is 4.01. The maximum Gasteiger partial charge on any atom is 0.232 e. The third-order valence-electron chi connectivity index (χ3n) is 5.52. The fraction of sp³-hybridized carbons (Fsp3) is 0.632. The van der Waals surface area contributed by atoms with E-state index in [1.807, 2.05) is 30.0 Å². The summed E-state index contributed by atoms with van der Waals surface area (Å²) in [6.07, 6.45) is 2.60. The van der Waals surface area contributed by atoms with E-state index in [2.05, 4.69) is 10.3 Å². The van der Waals surface area contributed by atoms with Gasteiger partial charge in [-0.15, -0.1) is 0 Å². The number of amides is 2. The Labute approximate surface area is 163 Å². The summed E-state index contributed by atoms with van der Waals surface area (Å²) in [5.41, 5.74) is -1.41. The van der Waals surface area contributed by atoms with Crippen molar-refractivity contribution >= 4 is 23.6 Å². The van der Waals surface area contributed by atoms with Gasteiger partial charge < -0.3 is 20.1 Å². The van der Waals surface area contributed by atoms with Gasteiger partial charge in [-0.2, -0.15) is 0 Å². The molecule has 1 aromatic rings. The number of aliphatic hydroxyl groups is 1. The van der Waals surface area contributed by atoms with Gasteiger partial charge in [-0.1, -0.05) is 17.8 Å². The number of hydrogen-bond donors (Lipinski definition) is 2. The lowest BCUT2D eigenvalue weighted by Gasteiger charge is -2.53. The first kappa shape index (κ1) is 20.1. The predicted octanol–water partition coefficient (Wildman–Crippen LogP) is 1.21. The minimum Gasteiger partial charge on any atom is -0.388 e. The summed E-state index contributed by atoms with van der Waals surface area (Å²) in [6.45, 7) is 4.88. The molecular formula is C19H27N3O4S. The third-order valence-corrected chi connectivity index (χ3v) is 6.45. The molecule has 2 N–H and O–H groups in total. The van der Waals surface area contributed by atoms with E-state index < -0.39 is 17.2 Å². The molecule has 0 aromatic carbocycles. The van der Waals surface area contributed by atoms with E-state index >= 15 is 0 Å². The van der Waals surface area contributed by atoms with Gasteiger partial charge >= 0.3 is 0 Å². The number of nitrogens with one attached hydrogen (secondary N) is 1. The first-order valence-corrected chi connectivity index (χ1v) is 10.3. The topological polar surface area (TPSA) is 91.8 Å². The summed E-state index contributed by atoms with van der Waals surface area (Å²) in [6, 6.07) is 5.64. The summed E-state index contributed by atoms with van der Waals surface area (Å²) >= 11 is 1.43. The molecular weight excluding hydrogens is 366 g/mol. The van der Waals surface area contributed by atoms with Gasteiger partial charge in [-0.05, 0) is 38.3 Å². The van der Waals surface area contributed by atoms with Crippen LogP contribution in [0.15, 0.2) is 29.4 Å². The SMILES string of the molecule is CC(=O)N[C@@]1(C)CCOC2(CCN(C(=O)CSc3ccccn3)CC2)[C@@H]1O. The number of likely N-dealkylation sites (tertiary alicyclic amines) is 1. The van der Waals surface area contributed by atoms with Crippen molar-refractivity contribution in [3.63, 3.8) is 0 Å². The fourth-order valence-corrected chi connectivity index (χ4v) is 4.77. The van der Waals surface area contributed by atoms with Crippen molar-refractivity contribution in [2.75, 3.05) is 25.4 Å². The van der Waals surface area contributed by atoms with Gasteiger partial charge in [0.2, 0.25) is 11.8 Å². The summed E-state index contributed by atoms with van der Waals surface area (Å²) < 4.78 is 6.00. The first-order valence-electron chi connectivity index (χ1n) is 9.27. The van der Waals surface area contributed by atoms with Crippen LogP contribution in [-0.2, 0) is 14.3 Å². The molecule has 0 bridgehead atoms. The van der Waals surface area contributed by atoms with Crippen molar-refractivity contribution in [2.45, 2.75) is 55.4 Å². The number of ether oxygens (including phenoxy) is 1. The lowest BCUT2D eigenvalue weighted by atomic mass is 9.73. The van der Waals surface area contributed by atoms with Crippen LogP contribution in [0, 0.1) is 0 Å². The number of carbonyl (C=O) groups excluding carboxylic acids is 2. The average molecular weight is 394 g/mol. The Kier molecular flexibility index (Phi) is 6.08. The zero-order chi connectivity index (χ0) is 19.5. The molecule has 3 heterocycles. The Morgan fingerprint density at radius 1 is 1.37 bits per heavy atom. The standard InChI is InChI=1S/C19H27N3O4S/c1-14(23)21-18(2)8-12-26-19(17(18)25)6-10-22(11-7-19)16(24)13-27-15-5-3-4-9-20-15/h3-5,9,17,25H,6-8,10-13H2,1-2H3,(H,21,23)/t17-,18+/m1/s1. The number of thioether (sulfide) groups is 1. The average Bonchev–Trinajstić information content (AvgIpc) is 2.65. The molecule has 27 heavy (non-hydrogen) atoms. The number of carbonyl (C=O) groups is 2. The molecule has 8 heteroatoms. The summed E-state index contributed by atoms with van der Waals surface area (Å²) in [4.78, 5) is 30.1. The van der Waals surface area contributed by atoms with Gasteiger partial charge in [0, 0.05) is 32.8 Å². The molecule has 2 saturated heterocycles. The molecule has 0 radical (unpaired) electrons. The molecule has 1 spiro atoms. The summed E-state index contributed by atoms with van der Waals surface area (Å²) in [5, 5.41) is 14.7. The minimum absolute atomic E-state index is 0.0652. The Bertz CT molecular complexity index is 679. The number of aliphatic hydroxyl groups excluding tert-OH is 1. The highest BCUT2D eigenvalue weighted by Crippen LogP contribution is 2.40. The highest BCUT2D eigenvalue weighted by atomic mass is 32.2. The molecule has 2 atom stereocenters. The molecule has 2 fully saturated rings. The maximum absolute atomic E-state index is 12.5. The van der Waals surface area contributed by atoms with Gasteiger partial charge in [-0.25, -0.2) is 4.98 Å². The molecule has 0 aliphatic carbocycles. The molecule has 7 nitrogen and oxygen atoms in total. The largest absolute Gasteiger partial charge is 0.388 e. The Balaban J connectivity index is 1.57. The van der Waals surface area contributed by atoms with Crippen molar-refractivity contribution in [3.8, 4) is 0 Å². The van der Waals surface area contributed by atoms with Crippen LogP contribution >= 0.6 is 11.8 Å². The lowest BCUT2D eigenvalue weighted by molar-refractivity contribution is -0.207. The van der Waals surface area contributed by atoms with E-state index in [1.54, 1.807) is 6.20 Å². The van der Waals surface area contributed by atoms with Crippen LogP contribution in [0.2, 0.25) is 0 Å². The second kappa shape index (κ2) is 8.16. The molecule has 2 amide bonds. The van der Waals surface area contributed by atoms with E-state index in [-0.39, 0.29) is 11.8 Å². The van der Waals surface area contributed by atoms with Gasteiger partial charge in [-0.3, -0.25) is 9.59 Å². The van der Waals surface area contributed by atoms with E-state index in [1.165, 1.54) is 18.7 Å². The van der Waals surface area contributed by atoms with Crippen LogP contribution in [-0.4, -0.2) is 69.5 Å². The van der Waals surface area contributed by atoms with E-state index in [0.717, 1.165) is 5.03 Å². The highest BCUT2D eigenvalue weighted by Gasteiger charge is 2.53. The van der Waals surface area contributed by atoms with Crippen LogP contribution in [0.1, 0.15) is 33.1 Å². The maximum atomic E-state index is 12.5. The number of rotatable bonds is 4. The van der Waals surface area contributed by atoms with Crippen molar-refractivity contribution in [1.29, 1.82) is 0 Å². The summed E-state index contributed by atoms with van der Waals surface area (Å²) in [5.74, 6) is 0.250. The highest BCUT2D eigenvalue weighted by molar-refractivity contribution is 7.99. The zero-order valence-electron chi connectivity index (χ0n) is 15.8. The quantitative estimate of drug-likeness (QED) is 0.747. The molecule has 0 unspecified atom stereocenters. The number of piperidine rings is 1. The van der Waals surface area contributed by atoms with Crippen molar-refractivity contribution in [1.82, 2.24) is 15.2 Å². The van der Waals surface area contributed by atoms with Gasteiger partial charge in [0.15, 0.2) is 0 Å². The van der Waals surface area contributed by atoms with Crippen molar-refractivity contribution < 1.29 is 19.4 Å².